The number of hydrogen-bond acceptors (Lipinski definition) is 5. The molecule has 1 unspecified atom stereocenters. The second-order valence-electron chi connectivity index (χ2n) is 7.64. The van der Waals surface area contributed by atoms with E-state index in [9.17, 15) is 9.59 Å². The van der Waals surface area contributed by atoms with Crippen LogP contribution >= 0.6 is 11.3 Å². The van der Waals surface area contributed by atoms with Gasteiger partial charge in [-0.15, -0.1) is 11.3 Å². The number of rotatable bonds is 3. The summed E-state index contributed by atoms with van der Waals surface area (Å²) in [5.74, 6) is 0.172. The summed E-state index contributed by atoms with van der Waals surface area (Å²) in [6, 6.07) is 15.7. The van der Waals surface area contributed by atoms with E-state index in [4.69, 9.17) is 4.98 Å². The first-order chi connectivity index (χ1) is 14.2. The molecule has 2 aliphatic rings. The Labute approximate surface area is 173 Å². The third-order valence-corrected chi connectivity index (χ3v) is 6.79. The Morgan fingerprint density at radius 2 is 2.00 bits per heavy atom. The number of nitrogens with zero attached hydrogens (tertiary/aromatic N) is 3. The number of fused-ring (bicyclic) bond motifs is 2. The lowest BCUT2D eigenvalue weighted by molar-refractivity contribution is -0.122. The lowest BCUT2D eigenvalue weighted by Gasteiger charge is -2.34. The van der Waals surface area contributed by atoms with Gasteiger partial charge < -0.3 is 5.32 Å². The molecule has 5 rings (SSSR count). The molecule has 3 heterocycles. The molecule has 3 aromatic rings. The number of piperidine rings is 1. The Morgan fingerprint density at radius 1 is 1.17 bits per heavy atom. The lowest BCUT2D eigenvalue weighted by atomic mass is 9.98. The normalized spacial score (nSPS) is 19.8. The maximum Gasteiger partial charge on any atom is 0.244 e. The second-order valence-corrected chi connectivity index (χ2v) is 8.70. The van der Waals surface area contributed by atoms with Crippen molar-refractivity contribution in [3.63, 3.8) is 0 Å². The Bertz CT molecular complexity index is 1050. The molecule has 1 saturated heterocycles. The molecule has 0 spiro atoms. The van der Waals surface area contributed by atoms with Gasteiger partial charge in [0.05, 0.1) is 33.1 Å². The van der Waals surface area contributed by atoms with Gasteiger partial charge in [0.25, 0.3) is 0 Å². The number of carbonyl (C=O) groups is 2. The first-order valence-electron chi connectivity index (χ1n) is 9.94. The van der Waals surface area contributed by atoms with Gasteiger partial charge in [-0.2, -0.15) is 0 Å². The van der Waals surface area contributed by atoms with Gasteiger partial charge in [0, 0.05) is 12.5 Å². The zero-order valence-electron chi connectivity index (χ0n) is 16.0. The van der Waals surface area contributed by atoms with Crippen LogP contribution in [0, 0.1) is 0 Å². The molecule has 0 bridgehead atoms. The molecule has 2 amide bonds. The fraction of sp³-hybridized carbons (Fsp3) is 0.318. The van der Waals surface area contributed by atoms with Crippen molar-refractivity contribution in [1.82, 2.24) is 9.88 Å². The molecule has 1 aromatic heterocycles. The summed E-state index contributed by atoms with van der Waals surface area (Å²) in [7, 11) is 0. The van der Waals surface area contributed by atoms with Crippen molar-refractivity contribution in [3.8, 4) is 0 Å². The summed E-state index contributed by atoms with van der Waals surface area (Å²) >= 11 is 1.76. The van der Waals surface area contributed by atoms with Crippen LogP contribution in [0.4, 0.5) is 11.4 Å². The van der Waals surface area contributed by atoms with Crippen molar-refractivity contribution in [2.75, 3.05) is 36.4 Å². The number of aromatic nitrogens is 1. The van der Waals surface area contributed by atoms with Crippen molar-refractivity contribution in [2.24, 2.45) is 0 Å². The summed E-state index contributed by atoms with van der Waals surface area (Å²) in [6.45, 7) is 2.12. The topological polar surface area (TPSA) is 65.5 Å². The molecule has 6 nitrogen and oxygen atoms in total. The summed E-state index contributed by atoms with van der Waals surface area (Å²) < 4.78 is 1.21. The number of nitrogens with one attached hydrogen (secondary N) is 1. The molecule has 1 N–H and O–H groups in total. The van der Waals surface area contributed by atoms with Gasteiger partial charge >= 0.3 is 0 Å². The minimum atomic E-state index is -0.150. The van der Waals surface area contributed by atoms with Gasteiger partial charge in [-0.05, 0) is 43.7 Å². The number of para-hydroxylation sites is 3. The largest absolute Gasteiger partial charge is 0.323 e. The molecule has 1 atom stereocenters. The first kappa shape index (κ1) is 18.3. The highest BCUT2D eigenvalue weighted by Gasteiger charge is 2.30. The fourth-order valence-corrected chi connectivity index (χ4v) is 5.29. The van der Waals surface area contributed by atoms with Crippen LogP contribution in [0.25, 0.3) is 10.2 Å². The smallest absolute Gasteiger partial charge is 0.244 e. The number of thiazole rings is 1. The van der Waals surface area contributed by atoms with Crippen molar-refractivity contribution in [3.05, 3.63) is 53.5 Å². The summed E-state index contributed by atoms with van der Waals surface area (Å²) in [5, 5.41) is 3.99. The Kier molecular flexibility index (Phi) is 4.77. The molecule has 29 heavy (non-hydrogen) atoms. The molecule has 2 aliphatic heterocycles. The predicted octanol–water partition coefficient (Wildman–Crippen LogP) is 3.46. The van der Waals surface area contributed by atoms with Gasteiger partial charge in [-0.25, -0.2) is 4.98 Å². The molecular weight excluding hydrogens is 384 g/mol. The highest BCUT2D eigenvalue weighted by molar-refractivity contribution is 7.18. The van der Waals surface area contributed by atoms with Crippen LogP contribution in [0.3, 0.4) is 0 Å². The van der Waals surface area contributed by atoms with Crippen LogP contribution in [0.1, 0.15) is 23.8 Å². The minimum Gasteiger partial charge on any atom is -0.323 e. The highest BCUT2D eigenvalue weighted by atomic mass is 32.1. The average Bonchev–Trinajstić information content (AvgIpc) is 3.17. The maximum atomic E-state index is 13.0. The molecule has 1 fully saturated rings. The monoisotopic (exact) mass is 406 g/mol. The molecule has 0 radical (unpaired) electrons. The number of anilines is 2. The SMILES string of the molecule is O=C1CN(C(=O)CN2CCCC(c3nc4ccccc4s3)C2)c2ccccc2N1. The van der Waals surface area contributed by atoms with Gasteiger partial charge in [0.1, 0.15) is 6.54 Å². The number of likely N-dealkylation sites (tertiary alicyclic amines) is 1. The summed E-state index contributed by atoms with van der Waals surface area (Å²) in [5.41, 5.74) is 2.52. The van der Waals surface area contributed by atoms with Crippen LogP contribution < -0.4 is 10.2 Å². The number of amides is 2. The van der Waals surface area contributed by atoms with E-state index >= 15 is 0 Å². The third-order valence-electron chi connectivity index (χ3n) is 5.60. The van der Waals surface area contributed by atoms with E-state index in [1.54, 1.807) is 16.2 Å². The molecule has 0 aliphatic carbocycles. The van der Waals surface area contributed by atoms with Crippen LogP contribution in [-0.2, 0) is 9.59 Å². The number of hydrogen-bond donors (Lipinski definition) is 1. The average molecular weight is 407 g/mol. The number of benzene rings is 2. The predicted molar refractivity (Wildman–Crippen MR) is 115 cm³/mol. The standard InChI is InChI=1S/C22H22N4O2S/c27-20-13-26(18-9-3-1-7-16(18)23-20)21(28)14-25-11-5-6-15(12-25)22-24-17-8-2-4-10-19(17)29-22/h1-4,7-10,15H,5-6,11-14H2,(H,23,27). The van der Waals surface area contributed by atoms with E-state index in [2.05, 4.69) is 22.3 Å². The zero-order valence-corrected chi connectivity index (χ0v) is 16.8. The summed E-state index contributed by atoms with van der Waals surface area (Å²) in [6.07, 6.45) is 2.14. The minimum absolute atomic E-state index is 0.0303. The van der Waals surface area contributed by atoms with E-state index in [1.165, 1.54) is 4.70 Å². The molecule has 2 aromatic carbocycles. The van der Waals surface area contributed by atoms with Crippen LogP contribution in [0.2, 0.25) is 0 Å². The van der Waals surface area contributed by atoms with E-state index in [-0.39, 0.29) is 18.4 Å². The Balaban J connectivity index is 1.30. The molecular formula is C22H22N4O2S. The Morgan fingerprint density at radius 3 is 2.90 bits per heavy atom. The molecule has 148 valence electrons. The van der Waals surface area contributed by atoms with E-state index in [0.29, 0.717) is 18.2 Å². The van der Waals surface area contributed by atoms with Crippen molar-refractivity contribution >= 4 is 44.7 Å². The maximum absolute atomic E-state index is 13.0. The first-order valence-corrected chi connectivity index (χ1v) is 10.8. The van der Waals surface area contributed by atoms with Gasteiger partial charge in [-0.1, -0.05) is 24.3 Å². The van der Waals surface area contributed by atoms with Gasteiger partial charge in [-0.3, -0.25) is 19.4 Å². The molecule has 7 heteroatoms. The Hall–Kier alpha value is -2.77. The van der Waals surface area contributed by atoms with E-state index in [0.717, 1.165) is 42.1 Å². The quantitative estimate of drug-likeness (QED) is 0.723. The second kappa shape index (κ2) is 7.57. The molecule has 0 saturated carbocycles. The van der Waals surface area contributed by atoms with Gasteiger partial charge in [0.2, 0.25) is 11.8 Å². The van der Waals surface area contributed by atoms with Crippen LogP contribution in [-0.4, -0.2) is 47.9 Å². The fourth-order valence-electron chi connectivity index (χ4n) is 4.20. The van der Waals surface area contributed by atoms with Gasteiger partial charge in [0.15, 0.2) is 0 Å². The lowest BCUT2D eigenvalue weighted by Crippen LogP contribution is -2.48. The van der Waals surface area contributed by atoms with E-state index in [1.807, 2.05) is 36.4 Å². The van der Waals surface area contributed by atoms with Crippen molar-refractivity contribution < 1.29 is 9.59 Å². The third kappa shape index (κ3) is 3.63. The zero-order chi connectivity index (χ0) is 19.8. The summed E-state index contributed by atoms with van der Waals surface area (Å²) in [4.78, 5) is 33.7. The highest BCUT2D eigenvalue weighted by Crippen LogP contribution is 2.33. The van der Waals surface area contributed by atoms with Crippen LogP contribution in [0.5, 0.6) is 0 Å². The van der Waals surface area contributed by atoms with Crippen molar-refractivity contribution in [1.29, 1.82) is 0 Å². The van der Waals surface area contributed by atoms with Crippen LogP contribution in [0.15, 0.2) is 48.5 Å². The number of carbonyl (C=O) groups excluding carboxylic acids is 2. The van der Waals surface area contributed by atoms with Crippen molar-refractivity contribution in [2.45, 2.75) is 18.8 Å². The van der Waals surface area contributed by atoms with E-state index < -0.39 is 0 Å².